The minimum Gasteiger partial charge on any atom is -0.370 e. The molecule has 0 bridgehead atoms. The zero-order valence-electron chi connectivity index (χ0n) is 11.5. The second-order valence-electron chi connectivity index (χ2n) is 4.73. The summed E-state index contributed by atoms with van der Waals surface area (Å²) in [5, 5.41) is 6.45. The van der Waals surface area contributed by atoms with Crippen molar-refractivity contribution in [2.45, 2.75) is 19.4 Å². The smallest absolute Gasteiger partial charge is 0.131 e. The number of rotatable bonds is 8. The van der Waals surface area contributed by atoms with Gasteiger partial charge in [-0.1, -0.05) is 0 Å². The summed E-state index contributed by atoms with van der Waals surface area (Å²) >= 11 is 0. The maximum atomic E-state index is 5.68. The van der Waals surface area contributed by atoms with Gasteiger partial charge in [0.25, 0.3) is 0 Å². The maximum Gasteiger partial charge on any atom is 0.131 e. The fourth-order valence-electron chi connectivity index (χ4n) is 1.43. The van der Waals surface area contributed by atoms with E-state index in [0.717, 1.165) is 31.1 Å². The van der Waals surface area contributed by atoms with E-state index in [-0.39, 0.29) is 6.04 Å². The molecule has 1 unspecified atom stereocenters. The molecule has 0 amide bonds. The molecule has 0 aliphatic carbocycles. The number of hydrogen-bond acceptors (Lipinski definition) is 6. The van der Waals surface area contributed by atoms with E-state index in [1.165, 1.54) is 0 Å². The van der Waals surface area contributed by atoms with Gasteiger partial charge in [0, 0.05) is 25.2 Å². The van der Waals surface area contributed by atoms with E-state index < -0.39 is 0 Å². The molecule has 0 aliphatic heterocycles. The molecule has 1 aromatic rings. The number of nitrogens with one attached hydrogen (secondary N) is 2. The summed E-state index contributed by atoms with van der Waals surface area (Å²) in [6.45, 7) is 4.63. The van der Waals surface area contributed by atoms with E-state index in [9.17, 15) is 0 Å². The molecule has 0 fully saturated rings. The van der Waals surface area contributed by atoms with Crippen molar-refractivity contribution in [3.63, 3.8) is 0 Å². The van der Waals surface area contributed by atoms with Gasteiger partial charge < -0.3 is 21.3 Å². The standard InChI is InChI=1S/C12H24N6/c1-10(13)8-15-12-7-11(16-9-17-12)14-5-4-6-18(2)3/h7,9-10H,4-6,8,13H2,1-3H3,(H2,14,15,16,17). The lowest BCUT2D eigenvalue weighted by Crippen LogP contribution is -2.25. The summed E-state index contributed by atoms with van der Waals surface area (Å²) in [6, 6.07) is 2.01. The molecular weight excluding hydrogens is 228 g/mol. The van der Waals surface area contributed by atoms with Crippen LogP contribution in [0.3, 0.4) is 0 Å². The van der Waals surface area contributed by atoms with E-state index in [1.807, 2.05) is 13.0 Å². The van der Waals surface area contributed by atoms with Gasteiger partial charge in [0.2, 0.25) is 0 Å². The molecule has 6 nitrogen and oxygen atoms in total. The maximum absolute atomic E-state index is 5.68. The van der Waals surface area contributed by atoms with Crippen LogP contribution in [0.2, 0.25) is 0 Å². The Bertz CT molecular complexity index is 339. The highest BCUT2D eigenvalue weighted by Gasteiger charge is 1.99. The topological polar surface area (TPSA) is 79.1 Å². The van der Waals surface area contributed by atoms with Crippen molar-refractivity contribution in [1.82, 2.24) is 14.9 Å². The Hall–Kier alpha value is -1.40. The molecule has 1 atom stereocenters. The molecular formula is C12H24N6. The monoisotopic (exact) mass is 252 g/mol. The van der Waals surface area contributed by atoms with Crippen LogP contribution in [-0.2, 0) is 0 Å². The first-order chi connectivity index (χ1) is 8.58. The average molecular weight is 252 g/mol. The van der Waals surface area contributed by atoms with Gasteiger partial charge in [0.1, 0.15) is 18.0 Å². The molecule has 102 valence electrons. The van der Waals surface area contributed by atoms with Gasteiger partial charge in [-0.05, 0) is 34.0 Å². The Morgan fingerprint density at radius 3 is 2.56 bits per heavy atom. The molecule has 18 heavy (non-hydrogen) atoms. The van der Waals surface area contributed by atoms with Crippen molar-refractivity contribution in [3.05, 3.63) is 12.4 Å². The lowest BCUT2D eigenvalue weighted by atomic mass is 10.3. The van der Waals surface area contributed by atoms with E-state index in [0.29, 0.717) is 6.54 Å². The van der Waals surface area contributed by atoms with Crippen LogP contribution in [-0.4, -0.2) is 54.6 Å². The van der Waals surface area contributed by atoms with Crippen molar-refractivity contribution in [2.75, 3.05) is 44.4 Å². The summed E-state index contributed by atoms with van der Waals surface area (Å²) in [4.78, 5) is 10.5. The second-order valence-corrected chi connectivity index (χ2v) is 4.73. The molecule has 0 saturated heterocycles. The number of hydrogen-bond donors (Lipinski definition) is 3. The quantitative estimate of drug-likeness (QED) is 0.588. The minimum atomic E-state index is 0.108. The minimum absolute atomic E-state index is 0.108. The second kappa shape index (κ2) is 7.84. The Morgan fingerprint density at radius 1 is 1.28 bits per heavy atom. The lowest BCUT2D eigenvalue weighted by Gasteiger charge is -2.11. The van der Waals surface area contributed by atoms with Crippen LogP contribution in [0, 0.1) is 0 Å². The third-order valence-corrected chi connectivity index (χ3v) is 2.36. The van der Waals surface area contributed by atoms with Crippen LogP contribution in [0.25, 0.3) is 0 Å². The van der Waals surface area contributed by atoms with E-state index >= 15 is 0 Å². The van der Waals surface area contributed by atoms with Crippen LogP contribution >= 0.6 is 0 Å². The van der Waals surface area contributed by atoms with Crippen LogP contribution in [0.15, 0.2) is 12.4 Å². The van der Waals surface area contributed by atoms with Gasteiger partial charge >= 0.3 is 0 Å². The number of nitrogens with two attached hydrogens (primary N) is 1. The SMILES string of the molecule is CC(N)CNc1cc(NCCCN(C)C)ncn1. The van der Waals surface area contributed by atoms with Crippen LogP contribution < -0.4 is 16.4 Å². The summed E-state index contributed by atoms with van der Waals surface area (Å²) in [5.74, 6) is 1.65. The largest absolute Gasteiger partial charge is 0.370 e. The Morgan fingerprint density at radius 2 is 1.94 bits per heavy atom. The highest BCUT2D eigenvalue weighted by atomic mass is 15.1. The normalized spacial score (nSPS) is 12.5. The predicted octanol–water partition coefficient (Wildman–Crippen LogP) is 0.599. The molecule has 0 radical (unpaired) electrons. The fraction of sp³-hybridized carbons (Fsp3) is 0.667. The van der Waals surface area contributed by atoms with Crippen molar-refractivity contribution < 1.29 is 0 Å². The zero-order chi connectivity index (χ0) is 13.4. The first kappa shape index (κ1) is 14.7. The number of nitrogens with zero attached hydrogens (tertiary/aromatic N) is 3. The third kappa shape index (κ3) is 6.36. The lowest BCUT2D eigenvalue weighted by molar-refractivity contribution is 0.405. The summed E-state index contributed by atoms with van der Waals surface area (Å²) < 4.78 is 0. The molecule has 0 aliphatic rings. The Labute approximate surface area is 109 Å². The molecule has 0 spiro atoms. The Kier molecular flexibility index (Phi) is 6.38. The number of aromatic nitrogens is 2. The van der Waals surface area contributed by atoms with Crippen molar-refractivity contribution in [3.8, 4) is 0 Å². The molecule has 1 aromatic heterocycles. The molecule has 1 rings (SSSR count). The first-order valence-electron chi connectivity index (χ1n) is 6.28. The summed E-state index contributed by atoms with van der Waals surface area (Å²) in [7, 11) is 4.14. The molecule has 1 heterocycles. The molecule has 6 heteroatoms. The first-order valence-corrected chi connectivity index (χ1v) is 6.28. The predicted molar refractivity (Wildman–Crippen MR) is 75.8 cm³/mol. The van der Waals surface area contributed by atoms with Gasteiger partial charge in [0.15, 0.2) is 0 Å². The average Bonchev–Trinajstić information content (AvgIpc) is 2.32. The van der Waals surface area contributed by atoms with Crippen LogP contribution in [0.1, 0.15) is 13.3 Å². The van der Waals surface area contributed by atoms with E-state index in [2.05, 4.69) is 39.6 Å². The highest BCUT2D eigenvalue weighted by Crippen LogP contribution is 2.08. The van der Waals surface area contributed by atoms with Crippen molar-refractivity contribution >= 4 is 11.6 Å². The fourth-order valence-corrected chi connectivity index (χ4v) is 1.43. The number of anilines is 2. The van der Waals surface area contributed by atoms with Gasteiger partial charge in [-0.2, -0.15) is 0 Å². The third-order valence-electron chi connectivity index (χ3n) is 2.36. The highest BCUT2D eigenvalue weighted by molar-refractivity contribution is 5.46. The van der Waals surface area contributed by atoms with E-state index in [4.69, 9.17) is 5.73 Å². The summed E-state index contributed by atoms with van der Waals surface area (Å²) in [5.41, 5.74) is 5.68. The van der Waals surface area contributed by atoms with Crippen LogP contribution in [0.5, 0.6) is 0 Å². The Balaban J connectivity index is 2.34. The van der Waals surface area contributed by atoms with Gasteiger partial charge in [-0.25, -0.2) is 9.97 Å². The van der Waals surface area contributed by atoms with Crippen molar-refractivity contribution in [1.29, 1.82) is 0 Å². The van der Waals surface area contributed by atoms with Crippen LogP contribution in [0.4, 0.5) is 11.6 Å². The molecule has 0 aromatic carbocycles. The van der Waals surface area contributed by atoms with Gasteiger partial charge in [-0.3, -0.25) is 0 Å². The molecule has 0 saturated carbocycles. The van der Waals surface area contributed by atoms with Gasteiger partial charge in [0.05, 0.1) is 0 Å². The van der Waals surface area contributed by atoms with E-state index in [1.54, 1.807) is 6.33 Å². The van der Waals surface area contributed by atoms with Gasteiger partial charge in [-0.15, -0.1) is 0 Å². The molecule has 4 N–H and O–H groups in total. The summed E-state index contributed by atoms with van der Waals surface area (Å²) in [6.07, 6.45) is 2.64. The van der Waals surface area contributed by atoms with Crippen molar-refractivity contribution in [2.24, 2.45) is 5.73 Å². The zero-order valence-corrected chi connectivity index (χ0v) is 11.5.